The van der Waals surface area contributed by atoms with Crippen molar-refractivity contribution in [3.05, 3.63) is 28.2 Å². The first-order chi connectivity index (χ1) is 6.57. The van der Waals surface area contributed by atoms with Gasteiger partial charge in [0.25, 0.3) is 0 Å². The lowest BCUT2D eigenvalue weighted by molar-refractivity contribution is -0.138. The molecule has 1 aromatic rings. The molecule has 0 heterocycles. The van der Waals surface area contributed by atoms with E-state index in [-0.39, 0.29) is 0 Å². The van der Waals surface area contributed by atoms with Crippen LogP contribution in [0.25, 0.3) is 0 Å². The fourth-order valence-corrected chi connectivity index (χ4v) is 1.72. The van der Waals surface area contributed by atoms with Crippen LogP contribution in [0.4, 0.5) is 0 Å². The second-order valence-corrected chi connectivity index (χ2v) is 3.53. The van der Waals surface area contributed by atoms with Gasteiger partial charge in [-0.25, -0.2) is 0 Å². The maximum Gasteiger partial charge on any atom is 0.325 e. The Bertz CT molecular complexity index is 354. The topological polar surface area (TPSA) is 72.5 Å². The Kier molecular flexibility index (Phi) is 3.49. The van der Waals surface area contributed by atoms with E-state index in [0.717, 1.165) is 0 Å². The van der Waals surface area contributed by atoms with Crippen LogP contribution in [0, 0.1) is 0 Å². The number of ether oxygens (including phenoxy) is 1. The molecule has 0 spiro atoms. The SMILES string of the molecule is COc1cccc(Br)c1C(N)C(=O)O. The van der Waals surface area contributed by atoms with Gasteiger partial charge in [-0.15, -0.1) is 0 Å². The summed E-state index contributed by atoms with van der Waals surface area (Å²) in [4.78, 5) is 10.7. The zero-order chi connectivity index (χ0) is 10.7. The third-order valence-electron chi connectivity index (χ3n) is 1.81. The molecular weight excluding hydrogens is 250 g/mol. The van der Waals surface area contributed by atoms with Crippen molar-refractivity contribution >= 4 is 21.9 Å². The molecule has 4 nitrogen and oxygen atoms in total. The third kappa shape index (κ3) is 2.05. The Morgan fingerprint density at radius 3 is 2.79 bits per heavy atom. The van der Waals surface area contributed by atoms with Gasteiger partial charge in [0.15, 0.2) is 0 Å². The number of hydrogen-bond acceptors (Lipinski definition) is 3. The van der Waals surface area contributed by atoms with Crippen molar-refractivity contribution in [2.24, 2.45) is 5.73 Å². The number of nitrogens with two attached hydrogens (primary N) is 1. The normalized spacial score (nSPS) is 12.2. The highest BCUT2D eigenvalue weighted by Crippen LogP contribution is 2.31. The summed E-state index contributed by atoms with van der Waals surface area (Å²) in [6.07, 6.45) is 0. The smallest absolute Gasteiger partial charge is 0.325 e. The summed E-state index contributed by atoms with van der Waals surface area (Å²) in [6, 6.07) is 4.06. The molecule has 0 aliphatic carbocycles. The predicted octanol–water partition coefficient (Wildman–Crippen LogP) is 1.54. The number of methoxy groups -OCH3 is 1. The predicted molar refractivity (Wildman–Crippen MR) is 55.3 cm³/mol. The summed E-state index contributed by atoms with van der Waals surface area (Å²) in [5, 5.41) is 8.78. The van der Waals surface area contributed by atoms with Crippen molar-refractivity contribution in [3.63, 3.8) is 0 Å². The number of aliphatic carboxylic acids is 1. The fraction of sp³-hybridized carbons (Fsp3) is 0.222. The second-order valence-electron chi connectivity index (χ2n) is 2.67. The van der Waals surface area contributed by atoms with Crippen molar-refractivity contribution in [3.8, 4) is 5.75 Å². The molecule has 76 valence electrons. The molecule has 1 rings (SSSR count). The number of carbonyl (C=O) groups is 1. The van der Waals surface area contributed by atoms with Crippen molar-refractivity contribution < 1.29 is 14.6 Å². The monoisotopic (exact) mass is 259 g/mol. The number of benzene rings is 1. The van der Waals surface area contributed by atoms with Crippen molar-refractivity contribution in [2.75, 3.05) is 7.11 Å². The van der Waals surface area contributed by atoms with E-state index in [4.69, 9.17) is 15.6 Å². The zero-order valence-corrected chi connectivity index (χ0v) is 9.11. The highest BCUT2D eigenvalue weighted by Gasteiger charge is 2.21. The maximum absolute atomic E-state index is 10.7. The van der Waals surface area contributed by atoms with Crippen LogP contribution in [-0.2, 0) is 4.79 Å². The Morgan fingerprint density at radius 2 is 2.29 bits per heavy atom. The van der Waals surface area contributed by atoms with Crippen LogP contribution < -0.4 is 10.5 Å². The molecule has 0 aromatic heterocycles. The minimum Gasteiger partial charge on any atom is -0.496 e. The lowest BCUT2D eigenvalue weighted by atomic mass is 10.1. The lowest BCUT2D eigenvalue weighted by Crippen LogP contribution is -2.21. The second kappa shape index (κ2) is 4.43. The molecule has 0 saturated carbocycles. The minimum atomic E-state index is -1.09. The van der Waals surface area contributed by atoms with Gasteiger partial charge in [-0.3, -0.25) is 4.79 Å². The Labute approximate surface area is 89.8 Å². The van der Waals surface area contributed by atoms with Gasteiger partial charge in [0.2, 0.25) is 0 Å². The average Bonchev–Trinajstić information content (AvgIpc) is 2.16. The van der Waals surface area contributed by atoms with Gasteiger partial charge in [-0.05, 0) is 12.1 Å². The molecule has 0 amide bonds. The molecule has 1 aromatic carbocycles. The first-order valence-electron chi connectivity index (χ1n) is 3.88. The van der Waals surface area contributed by atoms with E-state index in [9.17, 15) is 4.79 Å². The van der Waals surface area contributed by atoms with Crippen LogP contribution in [0.5, 0.6) is 5.75 Å². The lowest BCUT2D eigenvalue weighted by Gasteiger charge is -2.13. The number of halogens is 1. The van der Waals surface area contributed by atoms with Gasteiger partial charge < -0.3 is 15.6 Å². The molecule has 0 aliphatic rings. The highest BCUT2D eigenvalue weighted by molar-refractivity contribution is 9.10. The molecular formula is C9H10BrNO3. The van der Waals surface area contributed by atoms with Gasteiger partial charge in [0, 0.05) is 10.0 Å². The van der Waals surface area contributed by atoms with Gasteiger partial charge >= 0.3 is 5.97 Å². The first-order valence-corrected chi connectivity index (χ1v) is 4.68. The summed E-state index contributed by atoms with van der Waals surface area (Å²) in [5.41, 5.74) is 5.95. The molecule has 3 N–H and O–H groups in total. The van der Waals surface area contributed by atoms with Crippen LogP contribution in [0.1, 0.15) is 11.6 Å². The van der Waals surface area contributed by atoms with E-state index in [2.05, 4.69) is 15.9 Å². The van der Waals surface area contributed by atoms with Crippen molar-refractivity contribution in [1.82, 2.24) is 0 Å². The summed E-state index contributed by atoms with van der Waals surface area (Å²) in [7, 11) is 1.47. The standard InChI is InChI=1S/C9H10BrNO3/c1-14-6-4-2-3-5(10)7(6)8(11)9(12)13/h2-4,8H,11H2,1H3,(H,12,13). The molecule has 0 radical (unpaired) electrons. The maximum atomic E-state index is 10.7. The van der Waals surface area contributed by atoms with E-state index in [0.29, 0.717) is 15.8 Å². The molecule has 14 heavy (non-hydrogen) atoms. The molecule has 1 unspecified atom stereocenters. The minimum absolute atomic E-state index is 0.447. The molecule has 0 fully saturated rings. The van der Waals surface area contributed by atoms with Gasteiger partial charge in [0.05, 0.1) is 7.11 Å². The number of hydrogen-bond donors (Lipinski definition) is 2. The van der Waals surface area contributed by atoms with Crippen molar-refractivity contribution in [1.29, 1.82) is 0 Å². The van der Waals surface area contributed by atoms with Crippen molar-refractivity contribution in [2.45, 2.75) is 6.04 Å². The number of rotatable bonds is 3. The molecule has 5 heteroatoms. The van der Waals surface area contributed by atoms with E-state index in [1.807, 2.05) is 0 Å². The first kappa shape index (κ1) is 11.0. The fourth-order valence-electron chi connectivity index (χ4n) is 1.12. The van der Waals surface area contributed by atoms with Gasteiger partial charge in [0.1, 0.15) is 11.8 Å². The van der Waals surface area contributed by atoms with Crippen LogP contribution in [0.3, 0.4) is 0 Å². The van der Waals surface area contributed by atoms with Crippen LogP contribution in [0.15, 0.2) is 22.7 Å². The van der Waals surface area contributed by atoms with E-state index in [1.54, 1.807) is 18.2 Å². The van der Waals surface area contributed by atoms with Gasteiger partial charge in [-0.2, -0.15) is 0 Å². The molecule has 0 saturated heterocycles. The summed E-state index contributed by atoms with van der Waals surface area (Å²) in [5.74, 6) is -0.621. The highest BCUT2D eigenvalue weighted by atomic mass is 79.9. The van der Waals surface area contributed by atoms with Crippen LogP contribution >= 0.6 is 15.9 Å². The van der Waals surface area contributed by atoms with Crippen LogP contribution in [0.2, 0.25) is 0 Å². The van der Waals surface area contributed by atoms with Gasteiger partial charge in [-0.1, -0.05) is 22.0 Å². The van der Waals surface area contributed by atoms with E-state index in [1.165, 1.54) is 7.11 Å². The Morgan fingerprint density at radius 1 is 1.64 bits per heavy atom. The van der Waals surface area contributed by atoms with E-state index >= 15 is 0 Å². The third-order valence-corrected chi connectivity index (χ3v) is 2.50. The molecule has 0 bridgehead atoms. The summed E-state index contributed by atoms with van der Waals surface area (Å²) >= 11 is 3.23. The van der Waals surface area contributed by atoms with Crippen LogP contribution in [-0.4, -0.2) is 18.2 Å². The number of carboxylic acid groups (broad SMARTS) is 1. The largest absolute Gasteiger partial charge is 0.496 e. The quantitative estimate of drug-likeness (QED) is 0.864. The zero-order valence-electron chi connectivity index (χ0n) is 7.53. The number of carboxylic acids is 1. The average molecular weight is 260 g/mol. The molecule has 0 aliphatic heterocycles. The Balaban J connectivity index is 3.23. The van der Waals surface area contributed by atoms with E-state index < -0.39 is 12.0 Å². The summed E-state index contributed by atoms with van der Waals surface area (Å²) < 4.78 is 5.66. The Hall–Kier alpha value is -1.07. The summed E-state index contributed by atoms with van der Waals surface area (Å²) in [6.45, 7) is 0. The molecule has 1 atom stereocenters.